The Kier molecular flexibility index (Phi) is 5.01. The van der Waals surface area contributed by atoms with Gasteiger partial charge in [-0.3, -0.25) is 9.59 Å². The van der Waals surface area contributed by atoms with Crippen LogP contribution in [0.1, 0.15) is 31.7 Å². The summed E-state index contributed by atoms with van der Waals surface area (Å²) in [5.41, 5.74) is 2.01. The Labute approximate surface area is 131 Å². The molecule has 4 heteroatoms. The lowest BCUT2D eigenvalue weighted by atomic mass is 9.76. The first-order valence-corrected chi connectivity index (χ1v) is 7.41. The van der Waals surface area contributed by atoms with Gasteiger partial charge in [0.05, 0.1) is 14.2 Å². The Balaban J connectivity index is 2.41. The van der Waals surface area contributed by atoms with E-state index in [1.165, 1.54) is 19.8 Å². The number of hydrogen-bond donors (Lipinski definition) is 0. The van der Waals surface area contributed by atoms with Crippen LogP contribution in [0.15, 0.2) is 41.5 Å². The van der Waals surface area contributed by atoms with Crippen LogP contribution in [0.25, 0.3) is 0 Å². The molecule has 1 aromatic rings. The standard InChI is InChI=1S/C18H22O4/c1-13(15-9-10-15)11-18(16(19)21-2,17(20)22-3)12-14-7-5-4-6-8-14/h4-8H,9-12H2,1-3H3. The Bertz CT molecular complexity index is 564. The lowest BCUT2D eigenvalue weighted by Gasteiger charge is -2.28. The summed E-state index contributed by atoms with van der Waals surface area (Å²) in [6, 6.07) is 9.49. The molecule has 1 aliphatic carbocycles. The molecule has 1 saturated carbocycles. The molecule has 1 aliphatic rings. The minimum atomic E-state index is -1.31. The third kappa shape index (κ3) is 3.38. The van der Waals surface area contributed by atoms with Crippen molar-refractivity contribution in [1.82, 2.24) is 0 Å². The summed E-state index contributed by atoms with van der Waals surface area (Å²) in [5, 5.41) is 0. The molecule has 0 unspecified atom stereocenters. The van der Waals surface area contributed by atoms with Gasteiger partial charge in [0.25, 0.3) is 0 Å². The van der Waals surface area contributed by atoms with Crippen LogP contribution in [-0.4, -0.2) is 26.2 Å². The molecule has 0 amide bonds. The molecule has 0 radical (unpaired) electrons. The maximum absolute atomic E-state index is 12.5. The molecule has 1 fully saturated rings. The minimum absolute atomic E-state index is 0.276. The summed E-state index contributed by atoms with van der Waals surface area (Å²) >= 11 is 0. The first kappa shape index (κ1) is 16.3. The third-order valence-corrected chi connectivity index (χ3v) is 4.17. The third-order valence-electron chi connectivity index (χ3n) is 4.17. The first-order chi connectivity index (χ1) is 10.5. The highest BCUT2D eigenvalue weighted by Crippen LogP contribution is 2.40. The second kappa shape index (κ2) is 6.77. The van der Waals surface area contributed by atoms with Crippen molar-refractivity contribution in [3.05, 3.63) is 47.0 Å². The van der Waals surface area contributed by atoms with E-state index in [-0.39, 0.29) is 6.42 Å². The zero-order chi connectivity index (χ0) is 16.2. The Morgan fingerprint density at radius 3 is 2.05 bits per heavy atom. The van der Waals surface area contributed by atoms with Crippen LogP contribution in [0.5, 0.6) is 0 Å². The van der Waals surface area contributed by atoms with Crippen molar-refractivity contribution >= 4 is 11.9 Å². The van der Waals surface area contributed by atoms with Gasteiger partial charge in [0.15, 0.2) is 5.41 Å². The van der Waals surface area contributed by atoms with Gasteiger partial charge in [-0.05, 0) is 38.2 Å². The lowest BCUT2D eigenvalue weighted by Crippen LogP contribution is -2.43. The molecular weight excluding hydrogens is 280 g/mol. The van der Waals surface area contributed by atoms with Crippen molar-refractivity contribution in [3.8, 4) is 0 Å². The summed E-state index contributed by atoms with van der Waals surface area (Å²) in [4.78, 5) is 24.9. The van der Waals surface area contributed by atoms with E-state index in [1.54, 1.807) is 0 Å². The number of carbonyl (C=O) groups excluding carboxylic acids is 2. The van der Waals surface area contributed by atoms with Gasteiger partial charge < -0.3 is 9.47 Å². The highest BCUT2D eigenvalue weighted by atomic mass is 16.5. The second-order valence-electron chi connectivity index (χ2n) is 5.79. The van der Waals surface area contributed by atoms with Gasteiger partial charge in [0.1, 0.15) is 0 Å². The highest BCUT2D eigenvalue weighted by molar-refractivity contribution is 6.00. The highest BCUT2D eigenvalue weighted by Gasteiger charge is 2.49. The molecule has 0 aliphatic heterocycles. The zero-order valence-electron chi connectivity index (χ0n) is 13.3. The van der Waals surface area contributed by atoms with Crippen molar-refractivity contribution in [1.29, 1.82) is 0 Å². The molecule has 0 N–H and O–H groups in total. The van der Waals surface area contributed by atoms with Crippen LogP contribution in [0.4, 0.5) is 0 Å². The number of methoxy groups -OCH3 is 2. The molecule has 118 valence electrons. The van der Waals surface area contributed by atoms with E-state index in [0.717, 1.165) is 24.0 Å². The number of ether oxygens (including phenoxy) is 2. The molecule has 1 aromatic carbocycles. The molecule has 2 rings (SSSR count). The van der Waals surface area contributed by atoms with Crippen LogP contribution < -0.4 is 0 Å². The van der Waals surface area contributed by atoms with Gasteiger partial charge in [-0.2, -0.15) is 0 Å². The number of benzene rings is 1. The fourth-order valence-corrected chi connectivity index (χ4v) is 2.84. The Hall–Kier alpha value is -2.10. The summed E-state index contributed by atoms with van der Waals surface area (Å²) in [5.74, 6) is -1.08. The van der Waals surface area contributed by atoms with E-state index >= 15 is 0 Å². The monoisotopic (exact) mass is 302 g/mol. The Morgan fingerprint density at radius 1 is 1.05 bits per heavy atom. The quantitative estimate of drug-likeness (QED) is 0.460. The number of carbonyl (C=O) groups is 2. The molecule has 0 heterocycles. The minimum Gasteiger partial charge on any atom is -0.468 e. The van der Waals surface area contributed by atoms with Gasteiger partial charge in [-0.25, -0.2) is 0 Å². The zero-order valence-corrected chi connectivity index (χ0v) is 13.3. The van der Waals surface area contributed by atoms with E-state index in [9.17, 15) is 9.59 Å². The molecule has 4 nitrogen and oxygen atoms in total. The maximum Gasteiger partial charge on any atom is 0.323 e. The smallest absolute Gasteiger partial charge is 0.323 e. The van der Waals surface area contributed by atoms with Gasteiger partial charge in [-0.15, -0.1) is 0 Å². The van der Waals surface area contributed by atoms with Crippen LogP contribution in [0, 0.1) is 5.41 Å². The molecule has 22 heavy (non-hydrogen) atoms. The molecule has 0 saturated heterocycles. The molecule has 0 aromatic heterocycles. The van der Waals surface area contributed by atoms with Crippen LogP contribution in [0.3, 0.4) is 0 Å². The van der Waals surface area contributed by atoms with Crippen molar-refractivity contribution in [3.63, 3.8) is 0 Å². The summed E-state index contributed by atoms with van der Waals surface area (Å²) in [6.07, 6.45) is 2.72. The second-order valence-corrected chi connectivity index (χ2v) is 5.79. The van der Waals surface area contributed by atoms with E-state index < -0.39 is 17.4 Å². The summed E-state index contributed by atoms with van der Waals surface area (Å²) in [7, 11) is 2.62. The molecule has 0 spiro atoms. The molecule has 0 bridgehead atoms. The van der Waals surface area contributed by atoms with Crippen molar-refractivity contribution < 1.29 is 19.1 Å². The normalized spacial score (nSPS) is 13.5. The predicted molar refractivity (Wildman–Crippen MR) is 83.2 cm³/mol. The average molecular weight is 302 g/mol. The van der Waals surface area contributed by atoms with Crippen LogP contribution in [-0.2, 0) is 25.5 Å². The largest absolute Gasteiger partial charge is 0.468 e. The van der Waals surface area contributed by atoms with Gasteiger partial charge in [0, 0.05) is 0 Å². The first-order valence-electron chi connectivity index (χ1n) is 7.41. The van der Waals surface area contributed by atoms with E-state index in [4.69, 9.17) is 9.47 Å². The van der Waals surface area contributed by atoms with E-state index in [0.29, 0.717) is 6.42 Å². The Morgan fingerprint density at radius 2 is 1.59 bits per heavy atom. The van der Waals surface area contributed by atoms with Gasteiger partial charge >= 0.3 is 11.9 Å². The topological polar surface area (TPSA) is 52.6 Å². The summed E-state index contributed by atoms with van der Waals surface area (Å²) in [6.45, 7) is 1.98. The van der Waals surface area contributed by atoms with Gasteiger partial charge in [-0.1, -0.05) is 41.5 Å². The lowest BCUT2D eigenvalue weighted by molar-refractivity contribution is -0.169. The number of rotatable bonds is 6. The number of esters is 2. The van der Waals surface area contributed by atoms with Crippen LogP contribution >= 0.6 is 0 Å². The fourth-order valence-electron chi connectivity index (χ4n) is 2.84. The fraction of sp³-hybridized carbons (Fsp3) is 0.444. The van der Waals surface area contributed by atoms with Crippen molar-refractivity contribution in [2.75, 3.05) is 14.2 Å². The van der Waals surface area contributed by atoms with E-state index in [1.807, 2.05) is 37.3 Å². The number of hydrogen-bond acceptors (Lipinski definition) is 4. The van der Waals surface area contributed by atoms with Crippen molar-refractivity contribution in [2.45, 2.75) is 32.6 Å². The van der Waals surface area contributed by atoms with Crippen molar-refractivity contribution in [2.24, 2.45) is 5.41 Å². The van der Waals surface area contributed by atoms with Gasteiger partial charge in [0.2, 0.25) is 0 Å². The maximum atomic E-state index is 12.5. The summed E-state index contributed by atoms with van der Waals surface area (Å²) < 4.78 is 9.90. The average Bonchev–Trinajstić information content (AvgIpc) is 3.38. The molecular formula is C18H22O4. The SMILES string of the molecule is COC(=O)C(CC(C)=C1CC1)(Cc1ccccc1)C(=O)OC. The van der Waals surface area contributed by atoms with Crippen LogP contribution in [0.2, 0.25) is 0 Å². The predicted octanol–water partition coefficient (Wildman–Crippen LogP) is 3.06. The van der Waals surface area contributed by atoms with E-state index in [2.05, 4.69) is 0 Å². The number of allylic oxidation sites excluding steroid dienone is 2. The molecule has 0 atom stereocenters.